The number of hydrogen-bond donors (Lipinski definition) is 0. The first kappa shape index (κ1) is 17.8. The molecule has 1 aromatic carbocycles. The van der Waals surface area contributed by atoms with Gasteiger partial charge in [0.15, 0.2) is 0 Å². The fraction of sp³-hybridized carbons (Fsp3) is 0.500. The zero-order valence-electron chi connectivity index (χ0n) is 12.2. The summed E-state index contributed by atoms with van der Waals surface area (Å²) in [6.45, 7) is 2.19. The predicted molar refractivity (Wildman–Crippen MR) is 81.4 cm³/mol. The molecule has 3 nitrogen and oxygen atoms in total. The molecule has 0 aliphatic rings. The van der Waals surface area contributed by atoms with Crippen molar-refractivity contribution in [3.8, 4) is 17.6 Å². The SMILES string of the molecule is COCCOCCCOc1cc(F)cc(C#CCCCl)c1. The van der Waals surface area contributed by atoms with Crippen molar-refractivity contribution in [2.75, 3.05) is 39.4 Å². The minimum absolute atomic E-state index is 0.362. The second-order valence-electron chi connectivity index (χ2n) is 4.22. The summed E-state index contributed by atoms with van der Waals surface area (Å²) in [5, 5.41) is 0. The van der Waals surface area contributed by atoms with Crippen molar-refractivity contribution in [2.45, 2.75) is 12.8 Å². The van der Waals surface area contributed by atoms with Gasteiger partial charge >= 0.3 is 0 Å². The van der Waals surface area contributed by atoms with Crippen LogP contribution in [0.15, 0.2) is 18.2 Å². The fourth-order valence-corrected chi connectivity index (χ4v) is 1.62. The molecule has 0 bridgehead atoms. The molecule has 0 saturated heterocycles. The molecule has 0 aromatic heterocycles. The lowest BCUT2D eigenvalue weighted by atomic mass is 10.2. The van der Waals surface area contributed by atoms with E-state index in [0.717, 1.165) is 6.42 Å². The van der Waals surface area contributed by atoms with Gasteiger partial charge in [0.25, 0.3) is 0 Å². The molecule has 0 saturated carbocycles. The number of ether oxygens (including phenoxy) is 3. The lowest BCUT2D eigenvalue weighted by Crippen LogP contribution is -2.07. The molecule has 21 heavy (non-hydrogen) atoms. The molecule has 0 radical (unpaired) electrons. The van der Waals surface area contributed by atoms with Crippen molar-refractivity contribution >= 4 is 11.6 Å². The maximum absolute atomic E-state index is 13.4. The average Bonchev–Trinajstić information content (AvgIpc) is 2.46. The maximum Gasteiger partial charge on any atom is 0.128 e. The van der Waals surface area contributed by atoms with Crippen LogP contribution in [-0.2, 0) is 9.47 Å². The van der Waals surface area contributed by atoms with Crippen LogP contribution < -0.4 is 4.74 Å². The highest BCUT2D eigenvalue weighted by atomic mass is 35.5. The first-order valence-corrected chi connectivity index (χ1v) is 7.34. The first-order chi connectivity index (χ1) is 10.3. The van der Waals surface area contributed by atoms with Gasteiger partial charge in [0.2, 0.25) is 0 Å². The molecule has 0 N–H and O–H groups in total. The largest absolute Gasteiger partial charge is 0.493 e. The van der Waals surface area contributed by atoms with Gasteiger partial charge in [-0.25, -0.2) is 4.39 Å². The monoisotopic (exact) mass is 314 g/mol. The highest BCUT2D eigenvalue weighted by Gasteiger charge is 2.00. The van der Waals surface area contributed by atoms with Crippen LogP contribution >= 0.6 is 11.6 Å². The zero-order valence-corrected chi connectivity index (χ0v) is 12.9. The van der Waals surface area contributed by atoms with Crippen molar-refractivity contribution in [1.29, 1.82) is 0 Å². The summed E-state index contributed by atoms with van der Waals surface area (Å²) in [5.74, 6) is 6.30. The van der Waals surface area contributed by atoms with Gasteiger partial charge in [-0.1, -0.05) is 11.8 Å². The second-order valence-corrected chi connectivity index (χ2v) is 4.60. The minimum Gasteiger partial charge on any atom is -0.493 e. The minimum atomic E-state index is -0.362. The van der Waals surface area contributed by atoms with E-state index in [2.05, 4.69) is 11.8 Å². The van der Waals surface area contributed by atoms with E-state index in [0.29, 0.717) is 50.0 Å². The number of alkyl halides is 1. The van der Waals surface area contributed by atoms with E-state index in [1.807, 2.05) is 0 Å². The summed E-state index contributed by atoms with van der Waals surface area (Å²) in [7, 11) is 1.63. The van der Waals surface area contributed by atoms with E-state index in [1.54, 1.807) is 13.2 Å². The number of methoxy groups -OCH3 is 1. The van der Waals surface area contributed by atoms with Gasteiger partial charge in [-0.15, -0.1) is 11.6 Å². The summed E-state index contributed by atoms with van der Waals surface area (Å²) in [5.41, 5.74) is 0.589. The molecule has 0 unspecified atom stereocenters. The summed E-state index contributed by atoms with van der Waals surface area (Å²) in [6, 6.07) is 4.44. The van der Waals surface area contributed by atoms with Crippen LogP contribution in [0.25, 0.3) is 0 Å². The molecule has 116 valence electrons. The van der Waals surface area contributed by atoms with Crippen molar-refractivity contribution in [1.82, 2.24) is 0 Å². The summed E-state index contributed by atoms with van der Waals surface area (Å²) in [6.07, 6.45) is 1.31. The van der Waals surface area contributed by atoms with E-state index < -0.39 is 0 Å². The molecule has 1 aromatic rings. The number of hydrogen-bond acceptors (Lipinski definition) is 3. The van der Waals surface area contributed by atoms with Crippen LogP contribution in [0.1, 0.15) is 18.4 Å². The Morgan fingerprint density at radius 2 is 2.00 bits per heavy atom. The lowest BCUT2D eigenvalue weighted by molar-refractivity contribution is 0.0644. The normalized spacial score (nSPS) is 10.0. The Morgan fingerprint density at radius 1 is 1.14 bits per heavy atom. The van der Waals surface area contributed by atoms with Crippen LogP contribution in [0.4, 0.5) is 4.39 Å². The van der Waals surface area contributed by atoms with Crippen molar-refractivity contribution in [3.05, 3.63) is 29.6 Å². The fourth-order valence-electron chi connectivity index (χ4n) is 1.53. The number of benzene rings is 1. The van der Waals surface area contributed by atoms with Crippen LogP contribution in [0.2, 0.25) is 0 Å². The molecule has 0 spiro atoms. The van der Waals surface area contributed by atoms with Gasteiger partial charge in [0.1, 0.15) is 11.6 Å². The molecule has 0 aliphatic heterocycles. The highest BCUT2D eigenvalue weighted by molar-refractivity contribution is 6.18. The molecular weight excluding hydrogens is 295 g/mol. The molecule has 0 aliphatic carbocycles. The predicted octanol–water partition coefficient (Wildman–Crippen LogP) is 3.24. The Labute approximate surface area is 130 Å². The summed E-state index contributed by atoms with van der Waals surface area (Å²) in [4.78, 5) is 0. The third kappa shape index (κ3) is 8.56. The average molecular weight is 315 g/mol. The van der Waals surface area contributed by atoms with Gasteiger partial charge in [-0.2, -0.15) is 0 Å². The molecule has 1 rings (SSSR count). The van der Waals surface area contributed by atoms with Crippen molar-refractivity contribution in [3.63, 3.8) is 0 Å². The van der Waals surface area contributed by atoms with E-state index in [-0.39, 0.29) is 5.82 Å². The topological polar surface area (TPSA) is 27.7 Å². The Hall–Kier alpha value is -1.28. The molecule has 0 heterocycles. The lowest BCUT2D eigenvalue weighted by Gasteiger charge is -2.07. The van der Waals surface area contributed by atoms with Crippen molar-refractivity contribution in [2.24, 2.45) is 0 Å². The zero-order chi connectivity index (χ0) is 15.3. The standard InChI is InChI=1S/C16H20ClFO3/c1-19-9-10-20-7-4-8-21-16-12-14(5-2-3-6-17)11-15(18)13-16/h11-13H,3-4,6-10H2,1H3. The first-order valence-electron chi connectivity index (χ1n) is 6.81. The highest BCUT2D eigenvalue weighted by Crippen LogP contribution is 2.16. The Balaban J connectivity index is 2.36. The van der Waals surface area contributed by atoms with Crippen molar-refractivity contribution < 1.29 is 18.6 Å². The molecule has 0 amide bonds. The summed E-state index contributed by atoms with van der Waals surface area (Å²) < 4.78 is 29.1. The van der Waals surface area contributed by atoms with Crippen LogP contribution in [0.3, 0.4) is 0 Å². The van der Waals surface area contributed by atoms with E-state index in [9.17, 15) is 4.39 Å². The maximum atomic E-state index is 13.4. The van der Waals surface area contributed by atoms with Crippen LogP contribution in [0, 0.1) is 17.7 Å². The Kier molecular flexibility index (Phi) is 9.64. The van der Waals surface area contributed by atoms with E-state index in [4.69, 9.17) is 25.8 Å². The van der Waals surface area contributed by atoms with Crippen LogP contribution in [-0.4, -0.2) is 39.4 Å². The second kappa shape index (κ2) is 11.4. The third-order valence-corrected chi connectivity index (χ3v) is 2.65. The number of halogens is 2. The van der Waals surface area contributed by atoms with Crippen LogP contribution in [0.5, 0.6) is 5.75 Å². The van der Waals surface area contributed by atoms with Gasteiger partial charge in [0, 0.05) is 44.1 Å². The van der Waals surface area contributed by atoms with Gasteiger partial charge in [-0.05, 0) is 12.1 Å². The molecule has 5 heteroatoms. The van der Waals surface area contributed by atoms with Gasteiger partial charge < -0.3 is 14.2 Å². The Morgan fingerprint density at radius 3 is 2.76 bits per heavy atom. The van der Waals surface area contributed by atoms with E-state index >= 15 is 0 Å². The van der Waals surface area contributed by atoms with Gasteiger partial charge in [-0.3, -0.25) is 0 Å². The third-order valence-electron chi connectivity index (χ3n) is 2.46. The molecular formula is C16H20ClFO3. The quantitative estimate of drug-likeness (QED) is 0.398. The molecule has 0 atom stereocenters. The van der Waals surface area contributed by atoms with E-state index in [1.165, 1.54) is 12.1 Å². The van der Waals surface area contributed by atoms with Gasteiger partial charge in [0.05, 0.1) is 19.8 Å². The number of rotatable bonds is 9. The smallest absolute Gasteiger partial charge is 0.128 e. The summed E-state index contributed by atoms with van der Waals surface area (Å²) >= 11 is 5.54. The molecule has 0 fully saturated rings. The Bertz CT molecular complexity index is 468.